The minimum Gasteiger partial charge on any atom is -0.478 e. The van der Waals surface area contributed by atoms with Crippen molar-refractivity contribution in [3.8, 4) is 5.75 Å². The van der Waals surface area contributed by atoms with Gasteiger partial charge in [0.25, 0.3) is 0 Å². The van der Waals surface area contributed by atoms with Crippen molar-refractivity contribution in [1.29, 1.82) is 0 Å². The molecule has 0 unspecified atom stereocenters. The van der Waals surface area contributed by atoms with Gasteiger partial charge in [-0.25, -0.2) is 9.78 Å². The number of hydrogen-bond donors (Lipinski definition) is 1. The summed E-state index contributed by atoms with van der Waals surface area (Å²) in [7, 11) is 0. The van der Waals surface area contributed by atoms with Crippen LogP contribution >= 0.6 is 15.9 Å². The lowest BCUT2D eigenvalue weighted by atomic mass is 10.2. The van der Waals surface area contributed by atoms with Gasteiger partial charge in [-0.05, 0) is 22.0 Å². The molecule has 4 nitrogen and oxygen atoms in total. The van der Waals surface area contributed by atoms with Gasteiger partial charge >= 0.3 is 12.3 Å². The first-order valence-corrected chi connectivity index (χ1v) is 4.24. The van der Waals surface area contributed by atoms with Crippen LogP contribution in [0.15, 0.2) is 16.9 Å². The van der Waals surface area contributed by atoms with Gasteiger partial charge in [-0.3, -0.25) is 0 Å². The van der Waals surface area contributed by atoms with Crippen LogP contribution in [-0.2, 0) is 0 Å². The van der Waals surface area contributed by atoms with Gasteiger partial charge in [0.2, 0.25) is 0 Å². The number of pyridine rings is 1. The number of halogens is 4. The zero-order chi connectivity index (χ0) is 11.6. The van der Waals surface area contributed by atoms with Crippen LogP contribution in [0.1, 0.15) is 10.4 Å². The Labute approximate surface area is 89.8 Å². The second-order valence-corrected chi connectivity index (χ2v) is 3.08. The van der Waals surface area contributed by atoms with E-state index in [1.165, 1.54) is 0 Å². The van der Waals surface area contributed by atoms with Gasteiger partial charge in [0.05, 0.1) is 0 Å². The first-order chi connectivity index (χ1) is 6.81. The maximum Gasteiger partial charge on any atom is 0.573 e. The van der Waals surface area contributed by atoms with Crippen LogP contribution in [0.2, 0.25) is 0 Å². The summed E-state index contributed by atoms with van der Waals surface area (Å²) in [5.41, 5.74) is -0.616. The summed E-state index contributed by atoms with van der Waals surface area (Å²) in [6.45, 7) is 0. The number of hydrogen-bond acceptors (Lipinski definition) is 3. The molecule has 0 spiro atoms. The van der Waals surface area contributed by atoms with Crippen LogP contribution in [0.4, 0.5) is 13.2 Å². The lowest BCUT2D eigenvalue weighted by Gasteiger charge is -2.11. The van der Waals surface area contributed by atoms with Crippen LogP contribution in [0.3, 0.4) is 0 Å². The Bertz CT molecular complexity index is 394. The highest BCUT2D eigenvalue weighted by atomic mass is 79.9. The maximum atomic E-state index is 11.9. The number of alkyl halides is 3. The van der Waals surface area contributed by atoms with Crippen LogP contribution in [0.5, 0.6) is 5.75 Å². The number of rotatable bonds is 2. The fourth-order valence-electron chi connectivity index (χ4n) is 0.804. The number of ether oxygens (including phenoxy) is 1. The topological polar surface area (TPSA) is 59.4 Å². The molecule has 0 saturated carbocycles. The van der Waals surface area contributed by atoms with Crippen molar-refractivity contribution < 1.29 is 27.8 Å². The molecule has 1 aromatic rings. The molecule has 0 saturated heterocycles. The Morgan fingerprint density at radius 1 is 1.53 bits per heavy atom. The monoisotopic (exact) mass is 285 g/mol. The molecule has 8 heteroatoms. The summed E-state index contributed by atoms with van der Waals surface area (Å²) < 4.78 is 38.9. The van der Waals surface area contributed by atoms with Gasteiger partial charge in [0.15, 0.2) is 5.75 Å². The molecule has 0 amide bonds. The van der Waals surface area contributed by atoms with Crippen molar-refractivity contribution >= 4 is 21.9 Å². The first kappa shape index (κ1) is 11.8. The molecule has 0 radical (unpaired) electrons. The van der Waals surface area contributed by atoms with Crippen molar-refractivity contribution in [2.24, 2.45) is 0 Å². The second kappa shape index (κ2) is 4.05. The standard InChI is InChI=1S/C7H3BrF3NO3/c8-5-4(15-7(9,10)11)3(6(13)14)1-2-12-5/h1-2H,(H,13,14). The van der Waals surface area contributed by atoms with Crippen molar-refractivity contribution in [2.45, 2.75) is 6.36 Å². The van der Waals surface area contributed by atoms with Gasteiger partial charge < -0.3 is 9.84 Å². The van der Waals surface area contributed by atoms with Gasteiger partial charge in [0, 0.05) is 6.20 Å². The molecule has 0 fully saturated rings. The molecule has 1 aromatic heterocycles. The Kier molecular flexibility index (Phi) is 3.18. The van der Waals surface area contributed by atoms with E-state index in [0.29, 0.717) is 0 Å². The van der Waals surface area contributed by atoms with Gasteiger partial charge in [-0.15, -0.1) is 13.2 Å². The molecule has 1 rings (SSSR count). The lowest BCUT2D eigenvalue weighted by Crippen LogP contribution is -2.19. The molecule has 1 N–H and O–H groups in total. The van der Waals surface area contributed by atoms with Crippen LogP contribution in [0, 0.1) is 0 Å². The molecule has 0 aliphatic carbocycles. The largest absolute Gasteiger partial charge is 0.573 e. The summed E-state index contributed by atoms with van der Waals surface area (Å²) in [6.07, 6.45) is -3.91. The number of aromatic carboxylic acids is 1. The van der Waals surface area contributed by atoms with E-state index in [9.17, 15) is 18.0 Å². The van der Waals surface area contributed by atoms with E-state index in [0.717, 1.165) is 12.3 Å². The molecule has 0 bridgehead atoms. The predicted octanol–water partition coefficient (Wildman–Crippen LogP) is 2.44. The molecule has 82 valence electrons. The average Bonchev–Trinajstić information content (AvgIpc) is 2.05. The summed E-state index contributed by atoms with van der Waals surface area (Å²) in [5.74, 6) is -2.39. The van der Waals surface area contributed by atoms with E-state index in [4.69, 9.17) is 5.11 Å². The lowest BCUT2D eigenvalue weighted by molar-refractivity contribution is -0.275. The van der Waals surface area contributed by atoms with E-state index in [1.54, 1.807) is 0 Å². The Balaban J connectivity index is 3.19. The molecule has 0 aliphatic heterocycles. The quantitative estimate of drug-likeness (QED) is 0.848. The van der Waals surface area contributed by atoms with E-state index in [1.807, 2.05) is 0 Å². The summed E-state index contributed by atoms with van der Waals surface area (Å²) in [4.78, 5) is 14.0. The number of aromatic nitrogens is 1. The molecule has 0 atom stereocenters. The number of nitrogens with zero attached hydrogens (tertiary/aromatic N) is 1. The Morgan fingerprint density at radius 2 is 2.13 bits per heavy atom. The predicted molar refractivity (Wildman–Crippen MR) is 45.6 cm³/mol. The van der Waals surface area contributed by atoms with Crippen LogP contribution in [-0.4, -0.2) is 22.4 Å². The van der Waals surface area contributed by atoms with Crippen LogP contribution < -0.4 is 4.74 Å². The normalized spacial score (nSPS) is 11.2. The van der Waals surface area contributed by atoms with E-state index in [-0.39, 0.29) is 4.60 Å². The molecule has 0 aromatic carbocycles. The van der Waals surface area contributed by atoms with Crippen molar-refractivity contribution in [2.75, 3.05) is 0 Å². The van der Waals surface area contributed by atoms with E-state index >= 15 is 0 Å². The van der Waals surface area contributed by atoms with Crippen molar-refractivity contribution in [3.05, 3.63) is 22.4 Å². The van der Waals surface area contributed by atoms with E-state index in [2.05, 4.69) is 25.7 Å². The highest BCUT2D eigenvalue weighted by Gasteiger charge is 2.34. The van der Waals surface area contributed by atoms with Gasteiger partial charge in [0.1, 0.15) is 10.2 Å². The number of carboxylic acids is 1. The van der Waals surface area contributed by atoms with E-state index < -0.39 is 23.6 Å². The van der Waals surface area contributed by atoms with Crippen molar-refractivity contribution in [1.82, 2.24) is 4.98 Å². The molecule has 1 heterocycles. The van der Waals surface area contributed by atoms with Gasteiger partial charge in [-0.2, -0.15) is 0 Å². The number of carbonyl (C=O) groups is 1. The zero-order valence-corrected chi connectivity index (χ0v) is 8.46. The third-order valence-corrected chi connectivity index (χ3v) is 1.87. The van der Waals surface area contributed by atoms with Crippen molar-refractivity contribution in [3.63, 3.8) is 0 Å². The zero-order valence-electron chi connectivity index (χ0n) is 6.88. The molecule has 15 heavy (non-hydrogen) atoms. The highest BCUT2D eigenvalue weighted by Crippen LogP contribution is 2.31. The second-order valence-electron chi connectivity index (χ2n) is 2.33. The fourth-order valence-corrected chi connectivity index (χ4v) is 1.22. The average molecular weight is 286 g/mol. The number of carboxylic acid groups (broad SMARTS) is 1. The third kappa shape index (κ3) is 3.08. The third-order valence-electron chi connectivity index (χ3n) is 1.31. The minimum atomic E-state index is -4.96. The smallest absolute Gasteiger partial charge is 0.478 e. The molecule has 0 aliphatic rings. The Hall–Kier alpha value is -1.31. The fraction of sp³-hybridized carbons (Fsp3) is 0.143. The Morgan fingerprint density at radius 3 is 2.60 bits per heavy atom. The summed E-state index contributed by atoms with van der Waals surface area (Å²) >= 11 is 2.67. The molecular formula is C7H3BrF3NO3. The first-order valence-electron chi connectivity index (χ1n) is 3.45. The maximum absolute atomic E-state index is 11.9. The molecular weight excluding hydrogens is 283 g/mol. The highest BCUT2D eigenvalue weighted by molar-refractivity contribution is 9.10. The summed E-state index contributed by atoms with van der Waals surface area (Å²) in [5, 5.41) is 8.59. The summed E-state index contributed by atoms with van der Waals surface area (Å²) in [6, 6.07) is 0.911. The SMILES string of the molecule is O=C(O)c1ccnc(Br)c1OC(F)(F)F. The van der Waals surface area contributed by atoms with Gasteiger partial charge in [-0.1, -0.05) is 0 Å². The minimum absolute atomic E-state index is 0.320. The van der Waals surface area contributed by atoms with Crippen LogP contribution in [0.25, 0.3) is 0 Å².